The SMILES string of the molecule is c1cc(/C2=C3\CCC(N3)/C(c3ccncc3)=c3/cc/c([nH]3)=C(/c3ccncc3)C3CC/C(=C(\c4ccncc4)c4ccc2[nH]4)N3)ccn1. The molecule has 6 aromatic heterocycles. The Labute approximate surface area is 278 Å². The van der Waals surface area contributed by atoms with Crippen molar-refractivity contribution < 1.29 is 0 Å². The number of rotatable bonds is 4. The van der Waals surface area contributed by atoms with Gasteiger partial charge in [0.25, 0.3) is 0 Å². The fraction of sp³-hybridized carbons (Fsp3) is 0.150. The largest absolute Gasteiger partial charge is 0.381 e. The quantitative estimate of drug-likeness (QED) is 0.218. The average molecular weight is 627 g/mol. The van der Waals surface area contributed by atoms with Gasteiger partial charge in [0.15, 0.2) is 0 Å². The lowest BCUT2D eigenvalue weighted by Crippen LogP contribution is -2.31. The predicted octanol–water partition coefficient (Wildman–Crippen LogP) is 5.06. The van der Waals surface area contributed by atoms with Crippen LogP contribution in [0.5, 0.6) is 0 Å². The van der Waals surface area contributed by atoms with E-state index < -0.39 is 0 Å². The van der Waals surface area contributed by atoms with Crippen molar-refractivity contribution in [2.75, 3.05) is 0 Å². The molecule has 3 aliphatic rings. The first-order valence-corrected chi connectivity index (χ1v) is 16.5. The predicted molar refractivity (Wildman–Crippen MR) is 187 cm³/mol. The van der Waals surface area contributed by atoms with Crippen molar-refractivity contribution in [3.8, 4) is 0 Å². The van der Waals surface area contributed by atoms with Crippen molar-refractivity contribution in [1.29, 1.82) is 0 Å². The maximum Gasteiger partial charge on any atom is 0.0541 e. The smallest absolute Gasteiger partial charge is 0.0541 e. The van der Waals surface area contributed by atoms with Gasteiger partial charge in [-0.2, -0.15) is 0 Å². The summed E-state index contributed by atoms with van der Waals surface area (Å²) in [5, 5.41) is 10.2. The third-order valence-corrected chi connectivity index (χ3v) is 9.78. The molecule has 234 valence electrons. The average Bonchev–Trinajstić information content (AvgIpc) is 3.98. The Bertz CT molecular complexity index is 2120. The lowest BCUT2D eigenvalue weighted by Gasteiger charge is -2.19. The van der Waals surface area contributed by atoms with Gasteiger partial charge in [0.1, 0.15) is 0 Å². The summed E-state index contributed by atoms with van der Waals surface area (Å²) in [5.41, 5.74) is 14.0. The van der Waals surface area contributed by atoms with E-state index in [1.54, 1.807) is 0 Å². The summed E-state index contributed by atoms with van der Waals surface area (Å²) in [7, 11) is 0. The zero-order chi connectivity index (χ0) is 31.9. The van der Waals surface area contributed by atoms with Gasteiger partial charge in [0.2, 0.25) is 0 Å². The fourth-order valence-electron chi connectivity index (χ4n) is 7.68. The van der Waals surface area contributed by atoms with Gasteiger partial charge < -0.3 is 20.6 Å². The molecule has 8 bridgehead atoms. The van der Waals surface area contributed by atoms with Crippen molar-refractivity contribution in [3.63, 3.8) is 0 Å². The molecule has 2 unspecified atom stereocenters. The zero-order valence-corrected chi connectivity index (χ0v) is 26.3. The van der Waals surface area contributed by atoms with Gasteiger partial charge in [-0.1, -0.05) is 0 Å². The lowest BCUT2D eigenvalue weighted by molar-refractivity contribution is 0.756. The molecule has 6 aromatic rings. The first-order valence-electron chi connectivity index (χ1n) is 16.5. The van der Waals surface area contributed by atoms with Crippen molar-refractivity contribution in [2.24, 2.45) is 0 Å². The first-order chi connectivity index (χ1) is 23.8. The lowest BCUT2D eigenvalue weighted by atomic mass is 9.97. The fourth-order valence-corrected chi connectivity index (χ4v) is 7.68. The van der Waals surface area contributed by atoms with Crippen LogP contribution in [0.3, 0.4) is 0 Å². The van der Waals surface area contributed by atoms with Gasteiger partial charge >= 0.3 is 0 Å². The number of hydrogen-bond acceptors (Lipinski definition) is 6. The number of aromatic nitrogens is 6. The van der Waals surface area contributed by atoms with Gasteiger partial charge in [0, 0.05) is 105 Å². The van der Waals surface area contributed by atoms with E-state index >= 15 is 0 Å². The second kappa shape index (κ2) is 12.0. The van der Waals surface area contributed by atoms with Crippen LogP contribution >= 0.6 is 0 Å². The van der Waals surface area contributed by atoms with Crippen molar-refractivity contribution in [3.05, 3.63) is 178 Å². The molecule has 2 atom stereocenters. The van der Waals surface area contributed by atoms with Crippen LogP contribution in [0, 0.1) is 0 Å². The number of aromatic amines is 2. The molecule has 0 aliphatic carbocycles. The third-order valence-electron chi connectivity index (χ3n) is 9.78. The molecule has 4 N–H and O–H groups in total. The number of allylic oxidation sites excluding steroid dienone is 2. The normalized spacial score (nSPS) is 24.2. The minimum Gasteiger partial charge on any atom is -0.381 e. The maximum absolute atomic E-state index is 4.34. The van der Waals surface area contributed by atoms with Crippen LogP contribution < -0.4 is 21.3 Å². The van der Waals surface area contributed by atoms with Crippen LogP contribution in [0.15, 0.2) is 134 Å². The molecule has 3 aliphatic heterocycles. The molecule has 0 saturated carbocycles. The second-order valence-electron chi connectivity index (χ2n) is 12.5. The summed E-state index contributed by atoms with van der Waals surface area (Å²) in [5.74, 6) is 0. The van der Waals surface area contributed by atoms with E-state index in [0.717, 1.165) is 70.0 Å². The van der Waals surface area contributed by atoms with Gasteiger partial charge in [-0.3, -0.25) is 19.9 Å². The third kappa shape index (κ3) is 5.02. The first kappa shape index (κ1) is 28.2. The Morgan fingerprint density at radius 1 is 0.417 bits per heavy atom. The number of fused-ring (bicyclic) bond motifs is 8. The van der Waals surface area contributed by atoms with E-state index in [0.29, 0.717) is 0 Å². The number of H-pyrrole nitrogens is 2. The van der Waals surface area contributed by atoms with Crippen LogP contribution in [0.1, 0.15) is 59.3 Å². The van der Waals surface area contributed by atoms with E-state index in [4.69, 9.17) is 0 Å². The summed E-state index contributed by atoms with van der Waals surface area (Å²) in [4.78, 5) is 25.1. The highest BCUT2D eigenvalue weighted by Crippen LogP contribution is 2.37. The monoisotopic (exact) mass is 626 g/mol. The summed E-state index contributed by atoms with van der Waals surface area (Å²) in [6.07, 6.45) is 18.7. The topological polar surface area (TPSA) is 107 Å². The molecule has 0 radical (unpaired) electrons. The highest BCUT2D eigenvalue weighted by molar-refractivity contribution is 5.86. The molecule has 0 spiro atoms. The second-order valence-corrected chi connectivity index (χ2v) is 12.5. The van der Waals surface area contributed by atoms with Crippen LogP contribution in [-0.2, 0) is 0 Å². The van der Waals surface area contributed by atoms with E-state index in [2.05, 4.69) is 113 Å². The van der Waals surface area contributed by atoms with Crippen molar-refractivity contribution in [2.45, 2.75) is 37.8 Å². The Hall–Kier alpha value is -6.02. The Kier molecular flexibility index (Phi) is 7.04. The molecule has 8 nitrogen and oxygen atoms in total. The molecule has 9 rings (SSSR count). The van der Waals surface area contributed by atoms with Gasteiger partial charge in [-0.25, -0.2) is 0 Å². The summed E-state index contributed by atoms with van der Waals surface area (Å²) in [6.45, 7) is 0. The van der Waals surface area contributed by atoms with Crippen LogP contribution in [-0.4, -0.2) is 42.0 Å². The maximum atomic E-state index is 4.34. The molecule has 48 heavy (non-hydrogen) atoms. The molecule has 2 fully saturated rings. The highest BCUT2D eigenvalue weighted by Gasteiger charge is 2.30. The molecule has 0 aromatic carbocycles. The number of hydrogen-bond donors (Lipinski definition) is 4. The summed E-state index contributed by atoms with van der Waals surface area (Å²) < 4.78 is 0. The Morgan fingerprint density at radius 3 is 1.19 bits per heavy atom. The number of nitrogens with one attached hydrogen (secondary N) is 4. The summed E-state index contributed by atoms with van der Waals surface area (Å²) >= 11 is 0. The highest BCUT2D eigenvalue weighted by atomic mass is 15.0. The molecule has 0 amide bonds. The van der Waals surface area contributed by atoms with Crippen LogP contribution in [0.4, 0.5) is 0 Å². The minimum absolute atomic E-state index is 0.0981. The minimum atomic E-state index is 0.0981. The molecule has 9 heterocycles. The van der Waals surface area contributed by atoms with Crippen LogP contribution in [0.2, 0.25) is 0 Å². The van der Waals surface area contributed by atoms with E-state index in [-0.39, 0.29) is 12.1 Å². The van der Waals surface area contributed by atoms with Crippen molar-refractivity contribution >= 4 is 22.3 Å². The number of nitrogens with zero attached hydrogens (tertiary/aromatic N) is 4. The Morgan fingerprint density at radius 2 is 0.792 bits per heavy atom. The van der Waals surface area contributed by atoms with Gasteiger partial charge in [-0.05, 0) is 121 Å². The van der Waals surface area contributed by atoms with Crippen LogP contribution in [0.25, 0.3) is 22.3 Å². The molecule has 2 saturated heterocycles. The standard InChI is InChI=1S/C40H34N8/c1-2-30-38(26-11-19-42-20-12-26)32-5-6-34(47-32)40(28-15-23-44-24-16-28)36-8-7-35(48-36)39(27-13-21-43-22-14-27)33-4-3-31(46-33)37(29(1)45-30)25-9-17-41-18-10-25/h1-2,7-24,31-32,45-48H,3-6H2/b37-29-,38-30+,39-33-,40-34-. The Balaban J connectivity index is 1.34. The van der Waals surface area contributed by atoms with E-state index in [1.807, 2.05) is 49.6 Å². The van der Waals surface area contributed by atoms with E-state index in [9.17, 15) is 0 Å². The van der Waals surface area contributed by atoms with Gasteiger partial charge in [-0.15, -0.1) is 0 Å². The number of pyridine rings is 4. The molecular weight excluding hydrogens is 592 g/mol. The zero-order valence-electron chi connectivity index (χ0n) is 26.3. The molecular formula is C40H34N8. The van der Waals surface area contributed by atoms with Crippen molar-refractivity contribution in [1.82, 2.24) is 40.5 Å². The summed E-state index contributed by atoms with van der Waals surface area (Å²) in [6, 6.07) is 26.0. The molecule has 8 heteroatoms. The van der Waals surface area contributed by atoms with E-state index in [1.165, 1.54) is 33.7 Å². The van der Waals surface area contributed by atoms with Gasteiger partial charge in [0.05, 0.1) is 12.1 Å².